The number of β-amino-alcohol motifs (C(OH)–C–C–N with tert-alkyl or cyclic N) is 1. The van der Waals surface area contributed by atoms with Gasteiger partial charge in [-0.05, 0) is 61.3 Å². The van der Waals surface area contributed by atoms with Crippen LogP contribution in [0.1, 0.15) is 28.8 Å². The van der Waals surface area contributed by atoms with Crippen LogP contribution in [0.3, 0.4) is 0 Å². The van der Waals surface area contributed by atoms with E-state index in [9.17, 15) is 18.7 Å². The number of aromatic nitrogens is 5. The number of aryl methyl sites for hydroxylation is 1. The van der Waals surface area contributed by atoms with Crippen LogP contribution < -0.4 is 14.8 Å². The third-order valence-electron chi connectivity index (χ3n) is 7.07. The normalized spacial score (nSPS) is 15.6. The molecule has 0 unspecified atom stereocenters. The van der Waals surface area contributed by atoms with Gasteiger partial charge in [0.05, 0.1) is 23.6 Å². The summed E-state index contributed by atoms with van der Waals surface area (Å²) in [6.07, 6.45) is 7.69. The van der Waals surface area contributed by atoms with E-state index in [-0.39, 0.29) is 34.4 Å². The molecule has 4 heterocycles. The van der Waals surface area contributed by atoms with Crippen LogP contribution in [0.5, 0.6) is 17.2 Å². The molecule has 11 nitrogen and oxygen atoms in total. The summed E-state index contributed by atoms with van der Waals surface area (Å²) in [5, 5.41) is 21.3. The number of halogens is 2. The number of ether oxygens (including phenoxy) is 2. The predicted molar refractivity (Wildman–Crippen MR) is 153 cm³/mol. The Kier molecular flexibility index (Phi) is 7.99. The van der Waals surface area contributed by atoms with E-state index in [1.54, 1.807) is 31.7 Å². The number of carbonyl (C=O) groups excluding carboxylic acids is 1. The summed E-state index contributed by atoms with van der Waals surface area (Å²) >= 11 is 0. The lowest BCUT2D eigenvalue weighted by atomic mass is 10.1. The summed E-state index contributed by atoms with van der Waals surface area (Å²) in [6, 6.07) is 13.7. The molecule has 0 radical (unpaired) electrons. The number of fused-ring (bicyclic) bond motifs is 1. The minimum atomic E-state index is -3.08. The molecule has 0 bridgehead atoms. The summed E-state index contributed by atoms with van der Waals surface area (Å²) in [6.45, 7) is -0.761. The molecule has 1 aliphatic rings. The topological polar surface area (TPSA) is 119 Å². The van der Waals surface area contributed by atoms with Gasteiger partial charge in [-0.15, -0.1) is 0 Å². The molecule has 222 valence electrons. The maximum Gasteiger partial charge on any atom is 0.387 e. The number of nitrogens with zero attached hydrogens (tertiary/aromatic N) is 6. The molecule has 1 fully saturated rings. The maximum absolute atomic E-state index is 13.4. The molecular weight excluding hydrogens is 560 g/mol. The fourth-order valence-corrected chi connectivity index (χ4v) is 5.14. The first-order valence-electron chi connectivity index (χ1n) is 13.7. The summed E-state index contributed by atoms with van der Waals surface area (Å²) in [7, 11) is 1.65. The zero-order valence-corrected chi connectivity index (χ0v) is 23.2. The quantitative estimate of drug-likeness (QED) is 0.253. The first-order chi connectivity index (χ1) is 20.8. The number of alkyl halides is 2. The Morgan fingerprint density at radius 3 is 2.79 bits per heavy atom. The molecule has 1 aliphatic heterocycles. The molecule has 2 aromatic carbocycles. The minimum absolute atomic E-state index is 0.131. The number of aliphatic hydroxyl groups is 1. The van der Waals surface area contributed by atoms with Gasteiger partial charge in [-0.3, -0.25) is 14.4 Å². The predicted octanol–water partition coefficient (Wildman–Crippen LogP) is 4.73. The van der Waals surface area contributed by atoms with E-state index < -0.39 is 12.5 Å². The summed E-state index contributed by atoms with van der Waals surface area (Å²) in [5.41, 5.74) is 2.36. The van der Waals surface area contributed by atoms with Gasteiger partial charge in [-0.1, -0.05) is 12.1 Å². The average molecular weight is 590 g/mol. The molecule has 0 aliphatic carbocycles. The summed E-state index contributed by atoms with van der Waals surface area (Å²) in [5.74, 6) is 0.281. The number of piperidine rings is 1. The SMILES string of the molecule is Cn1cc(NC(=O)c2cnn3cccnc23)c(-c2cc(Oc3ccc(CN4CCC[C@H](O)C4)cc3)ccc2OC(F)F)n1. The highest BCUT2D eigenvalue weighted by atomic mass is 19.3. The van der Waals surface area contributed by atoms with Crippen molar-refractivity contribution in [3.8, 4) is 28.5 Å². The number of likely N-dealkylation sites (tertiary alicyclic amines) is 1. The second-order valence-electron chi connectivity index (χ2n) is 10.3. The molecule has 5 aromatic rings. The second-order valence-corrected chi connectivity index (χ2v) is 10.3. The molecule has 2 N–H and O–H groups in total. The Morgan fingerprint density at radius 2 is 2.00 bits per heavy atom. The smallest absolute Gasteiger partial charge is 0.387 e. The minimum Gasteiger partial charge on any atom is -0.457 e. The van der Waals surface area contributed by atoms with Gasteiger partial charge < -0.3 is 19.9 Å². The highest BCUT2D eigenvalue weighted by Gasteiger charge is 2.22. The van der Waals surface area contributed by atoms with Crippen LogP contribution in [0.15, 0.2) is 73.3 Å². The van der Waals surface area contributed by atoms with E-state index in [1.807, 2.05) is 24.3 Å². The first-order valence-corrected chi connectivity index (χ1v) is 13.7. The van der Waals surface area contributed by atoms with Crippen molar-refractivity contribution >= 4 is 17.2 Å². The van der Waals surface area contributed by atoms with E-state index in [1.165, 1.54) is 33.6 Å². The van der Waals surface area contributed by atoms with Crippen molar-refractivity contribution in [3.63, 3.8) is 0 Å². The molecule has 0 saturated carbocycles. The third kappa shape index (κ3) is 6.47. The van der Waals surface area contributed by atoms with Crippen LogP contribution in [0.2, 0.25) is 0 Å². The van der Waals surface area contributed by atoms with Crippen molar-refractivity contribution in [2.75, 3.05) is 18.4 Å². The van der Waals surface area contributed by atoms with Gasteiger partial charge in [0.2, 0.25) is 0 Å². The maximum atomic E-state index is 13.4. The van der Waals surface area contributed by atoms with E-state index in [4.69, 9.17) is 9.47 Å². The van der Waals surface area contributed by atoms with Gasteiger partial charge in [0.15, 0.2) is 5.65 Å². The number of hydrogen-bond acceptors (Lipinski definition) is 8. The molecule has 1 amide bonds. The number of hydrogen-bond donors (Lipinski definition) is 2. The molecule has 6 rings (SSSR count). The van der Waals surface area contributed by atoms with Crippen molar-refractivity contribution in [1.29, 1.82) is 0 Å². The Morgan fingerprint density at radius 1 is 1.19 bits per heavy atom. The third-order valence-corrected chi connectivity index (χ3v) is 7.07. The summed E-state index contributed by atoms with van der Waals surface area (Å²) < 4.78 is 40.5. The molecule has 1 atom stereocenters. The number of aliphatic hydroxyl groups excluding tert-OH is 1. The largest absolute Gasteiger partial charge is 0.457 e. The van der Waals surface area contributed by atoms with Gasteiger partial charge in [0.1, 0.15) is 28.5 Å². The van der Waals surface area contributed by atoms with Crippen molar-refractivity contribution in [2.24, 2.45) is 7.05 Å². The average Bonchev–Trinajstić information content (AvgIpc) is 3.58. The lowest BCUT2D eigenvalue weighted by Crippen LogP contribution is -2.37. The van der Waals surface area contributed by atoms with Crippen LogP contribution in [-0.4, -0.2) is 66.1 Å². The van der Waals surface area contributed by atoms with Crippen LogP contribution in [0.4, 0.5) is 14.5 Å². The number of anilines is 1. The Labute approximate surface area is 245 Å². The highest BCUT2D eigenvalue weighted by molar-refractivity contribution is 6.09. The van der Waals surface area contributed by atoms with Gasteiger partial charge in [0, 0.05) is 38.7 Å². The van der Waals surface area contributed by atoms with Crippen LogP contribution in [0.25, 0.3) is 16.9 Å². The van der Waals surface area contributed by atoms with Crippen LogP contribution in [-0.2, 0) is 13.6 Å². The number of rotatable bonds is 9. The lowest BCUT2D eigenvalue weighted by Gasteiger charge is -2.29. The van der Waals surface area contributed by atoms with Crippen molar-refractivity contribution < 1.29 is 28.2 Å². The van der Waals surface area contributed by atoms with E-state index in [0.29, 0.717) is 23.7 Å². The van der Waals surface area contributed by atoms with Crippen molar-refractivity contribution in [1.82, 2.24) is 29.3 Å². The Bertz CT molecular complexity index is 1740. The Balaban J connectivity index is 1.25. The van der Waals surface area contributed by atoms with Gasteiger partial charge in [-0.25, -0.2) is 9.50 Å². The molecule has 3 aromatic heterocycles. The fraction of sp³-hybridized carbons (Fsp3) is 0.267. The summed E-state index contributed by atoms with van der Waals surface area (Å²) in [4.78, 5) is 19.6. The van der Waals surface area contributed by atoms with E-state index >= 15 is 0 Å². The number of amides is 1. The standard InChI is InChI=1S/C30H29F2N7O4/c1-37-18-25(35-29(41)24-15-34-39-13-3-11-33-28(24)39)27(36-37)23-14-22(9-10-26(23)43-30(31)32)42-21-7-5-19(6-8-21)16-38-12-2-4-20(40)17-38/h3,5-11,13-15,18,20,30,40H,2,4,12,16-17H2,1H3,(H,35,41)/t20-/m0/s1. The molecule has 13 heteroatoms. The Hall–Kier alpha value is -4.88. The van der Waals surface area contributed by atoms with Crippen LogP contribution in [0, 0.1) is 0 Å². The molecule has 1 saturated heterocycles. The first kappa shape index (κ1) is 28.2. The van der Waals surface area contributed by atoms with Crippen molar-refractivity contribution in [2.45, 2.75) is 32.1 Å². The zero-order chi connectivity index (χ0) is 29.9. The lowest BCUT2D eigenvalue weighted by molar-refractivity contribution is -0.0494. The second kappa shape index (κ2) is 12.2. The van der Waals surface area contributed by atoms with Crippen molar-refractivity contribution in [3.05, 3.63) is 84.4 Å². The van der Waals surface area contributed by atoms with Gasteiger partial charge in [-0.2, -0.15) is 19.0 Å². The van der Waals surface area contributed by atoms with Gasteiger partial charge in [0.25, 0.3) is 5.91 Å². The number of benzene rings is 2. The zero-order valence-electron chi connectivity index (χ0n) is 23.2. The fourth-order valence-electron chi connectivity index (χ4n) is 5.14. The highest BCUT2D eigenvalue weighted by Crippen LogP contribution is 2.39. The number of carbonyl (C=O) groups is 1. The van der Waals surface area contributed by atoms with Gasteiger partial charge >= 0.3 is 6.61 Å². The van der Waals surface area contributed by atoms with E-state index in [2.05, 4.69) is 25.4 Å². The molecule has 0 spiro atoms. The molecular formula is C30H29F2N7O4. The van der Waals surface area contributed by atoms with Crippen LogP contribution >= 0.6 is 0 Å². The van der Waals surface area contributed by atoms with E-state index in [0.717, 1.165) is 31.5 Å². The number of nitrogens with one attached hydrogen (secondary N) is 1. The monoisotopic (exact) mass is 589 g/mol. The molecule has 43 heavy (non-hydrogen) atoms.